The molecular weight excluding hydrogens is 354 g/mol. The van der Waals surface area contributed by atoms with Gasteiger partial charge in [-0.1, -0.05) is 26.0 Å². The van der Waals surface area contributed by atoms with Crippen molar-refractivity contribution in [3.63, 3.8) is 0 Å². The number of anilines is 2. The maximum Gasteiger partial charge on any atom is 0.251 e. The molecule has 3 amide bonds. The molecule has 28 heavy (non-hydrogen) atoms. The van der Waals surface area contributed by atoms with Crippen molar-refractivity contribution in [2.45, 2.75) is 33.2 Å². The first-order valence-electron chi connectivity index (χ1n) is 9.51. The first kappa shape index (κ1) is 19.6. The first-order chi connectivity index (χ1) is 13.4. The van der Waals surface area contributed by atoms with Gasteiger partial charge in [0.2, 0.25) is 11.8 Å². The summed E-state index contributed by atoms with van der Waals surface area (Å²) in [5, 5.41) is 8.57. The second kappa shape index (κ2) is 8.69. The van der Waals surface area contributed by atoms with Crippen LogP contribution in [0.3, 0.4) is 0 Å². The number of hydrogen-bond donors (Lipinski definition) is 3. The fourth-order valence-electron chi connectivity index (χ4n) is 2.62. The topological polar surface area (TPSA) is 87.3 Å². The normalized spacial score (nSPS) is 13.1. The summed E-state index contributed by atoms with van der Waals surface area (Å²) >= 11 is 0. The predicted octanol–water partition coefficient (Wildman–Crippen LogP) is 3.56. The van der Waals surface area contributed by atoms with Crippen LogP contribution >= 0.6 is 0 Å². The zero-order valence-corrected chi connectivity index (χ0v) is 16.1. The van der Waals surface area contributed by atoms with Crippen LogP contribution in [0.5, 0.6) is 0 Å². The van der Waals surface area contributed by atoms with Crippen LogP contribution in [-0.2, 0) is 16.1 Å². The zero-order chi connectivity index (χ0) is 20.1. The minimum atomic E-state index is -0.200. The van der Waals surface area contributed by atoms with Crippen molar-refractivity contribution < 1.29 is 14.4 Å². The highest BCUT2D eigenvalue weighted by molar-refractivity contribution is 5.96. The third-order valence-electron chi connectivity index (χ3n) is 4.53. The van der Waals surface area contributed by atoms with Crippen molar-refractivity contribution in [1.82, 2.24) is 5.32 Å². The number of carbonyl (C=O) groups excluding carboxylic acids is 3. The van der Waals surface area contributed by atoms with E-state index in [2.05, 4.69) is 16.0 Å². The van der Waals surface area contributed by atoms with E-state index in [1.165, 1.54) is 0 Å². The molecule has 1 saturated carbocycles. The highest BCUT2D eigenvalue weighted by Crippen LogP contribution is 2.30. The lowest BCUT2D eigenvalue weighted by molar-refractivity contribution is -0.119. The third kappa shape index (κ3) is 5.42. The Hall–Kier alpha value is -3.15. The molecule has 0 saturated heterocycles. The van der Waals surface area contributed by atoms with Crippen LogP contribution in [0, 0.1) is 11.8 Å². The maximum absolute atomic E-state index is 12.4. The van der Waals surface area contributed by atoms with Gasteiger partial charge in [0.15, 0.2) is 0 Å². The van der Waals surface area contributed by atoms with Crippen molar-refractivity contribution in [2.24, 2.45) is 11.8 Å². The van der Waals surface area contributed by atoms with E-state index in [1.54, 1.807) is 24.3 Å². The monoisotopic (exact) mass is 379 g/mol. The molecule has 1 aliphatic carbocycles. The van der Waals surface area contributed by atoms with Crippen molar-refractivity contribution in [1.29, 1.82) is 0 Å². The van der Waals surface area contributed by atoms with E-state index in [-0.39, 0.29) is 29.6 Å². The summed E-state index contributed by atoms with van der Waals surface area (Å²) in [4.78, 5) is 35.9. The summed E-state index contributed by atoms with van der Waals surface area (Å²) in [5.41, 5.74) is 2.83. The van der Waals surface area contributed by atoms with Crippen LogP contribution in [0.2, 0.25) is 0 Å². The van der Waals surface area contributed by atoms with E-state index in [0.29, 0.717) is 17.8 Å². The lowest BCUT2D eigenvalue weighted by atomic mass is 10.1. The molecule has 0 aromatic heterocycles. The molecule has 0 spiro atoms. The van der Waals surface area contributed by atoms with Crippen molar-refractivity contribution in [3.8, 4) is 0 Å². The average molecular weight is 379 g/mol. The van der Waals surface area contributed by atoms with Gasteiger partial charge in [0.05, 0.1) is 0 Å². The smallest absolute Gasteiger partial charge is 0.251 e. The van der Waals surface area contributed by atoms with Gasteiger partial charge in [0.1, 0.15) is 0 Å². The molecule has 0 atom stereocenters. The molecule has 0 bridgehead atoms. The molecule has 0 aliphatic heterocycles. The van der Waals surface area contributed by atoms with Crippen LogP contribution in [0.4, 0.5) is 11.4 Å². The molecule has 3 rings (SSSR count). The van der Waals surface area contributed by atoms with E-state index >= 15 is 0 Å². The summed E-state index contributed by atoms with van der Waals surface area (Å²) in [6, 6.07) is 14.2. The molecule has 2 aromatic carbocycles. The van der Waals surface area contributed by atoms with Crippen molar-refractivity contribution in [3.05, 3.63) is 59.7 Å². The Bertz CT molecular complexity index is 871. The van der Waals surface area contributed by atoms with E-state index in [0.717, 1.165) is 24.1 Å². The first-order valence-corrected chi connectivity index (χ1v) is 9.51. The molecule has 2 aromatic rings. The fourth-order valence-corrected chi connectivity index (χ4v) is 2.62. The van der Waals surface area contributed by atoms with Gasteiger partial charge in [-0.2, -0.15) is 0 Å². The lowest BCUT2D eigenvalue weighted by Crippen LogP contribution is -2.23. The van der Waals surface area contributed by atoms with Gasteiger partial charge in [-0.05, 0) is 54.8 Å². The Morgan fingerprint density at radius 2 is 1.68 bits per heavy atom. The second-order valence-corrected chi connectivity index (χ2v) is 7.37. The van der Waals surface area contributed by atoms with Crippen LogP contribution in [0.1, 0.15) is 42.6 Å². The van der Waals surface area contributed by atoms with Gasteiger partial charge < -0.3 is 16.0 Å². The molecule has 1 aliphatic rings. The highest BCUT2D eigenvalue weighted by atomic mass is 16.2. The Labute approximate surface area is 164 Å². The summed E-state index contributed by atoms with van der Waals surface area (Å²) in [5.74, 6) is -0.157. The van der Waals surface area contributed by atoms with E-state index < -0.39 is 0 Å². The molecule has 3 N–H and O–H groups in total. The van der Waals surface area contributed by atoms with Gasteiger partial charge >= 0.3 is 0 Å². The number of benzene rings is 2. The van der Waals surface area contributed by atoms with Gasteiger partial charge in [0, 0.05) is 35.3 Å². The van der Waals surface area contributed by atoms with E-state index in [9.17, 15) is 14.4 Å². The minimum absolute atomic E-state index is 0.0610. The summed E-state index contributed by atoms with van der Waals surface area (Å²) in [6.07, 6.45) is 1.92. The number of carbonyl (C=O) groups is 3. The molecule has 0 radical (unpaired) electrons. The summed E-state index contributed by atoms with van der Waals surface area (Å²) < 4.78 is 0. The summed E-state index contributed by atoms with van der Waals surface area (Å²) in [7, 11) is 0. The lowest BCUT2D eigenvalue weighted by Gasteiger charge is -2.10. The molecule has 0 unspecified atom stereocenters. The SMILES string of the molecule is CC(C)C(=O)Nc1ccc(C(=O)NCc2cccc(NC(=O)C3CC3)c2)cc1. The van der Waals surface area contributed by atoms with Crippen LogP contribution in [0.25, 0.3) is 0 Å². The Morgan fingerprint density at radius 3 is 2.32 bits per heavy atom. The van der Waals surface area contributed by atoms with Crippen molar-refractivity contribution >= 4 is 29.1 Å². The van der Waals surface area contributed by atoms with Gasteiger partial charge in [-0.25, -0.2) is 0 Å². The minimum Gasteiger partial charge on any atom is -0.348 e. The molecular formula is C22H25N3O3. The van der Waals surface area contributed by atoms with Gasteiger partial charge in [-0.3, -0.25) is 14.4 Å². The summed E-state index contributed by atoms with van der Waals surface area (Å²) in [6.45, 7) is 4.00. The standard InChI is InChI=1S/C22H25N3O3/c1-14(2)20(26)24-18-10-8-16(9-11-18)21(27)23-13-15-4-3-5-19(12-15)25-22(28)17-6-7-17/h3-5,8-12,14,17H,6-7,13H2,1-2H3,(H,23,27)(H,24,26)(H,25,28). The zero-order valence-electron chi connectivity index (χ0n) is 16.1. The average Bonchev–Trinajstić information content (AvgIpc) is 3.52. The van der Waals surface area contributed by atoms with Crippen LogP contribution in [-0.4, -0.2) is 17.7 Å². The Balaban J connectivity index is 1.53. The maximum atomic E-state index is 12.4. The molecule has 0 heterocycles. The predicted molar refractivity (Wildman–Crippen MR) is 109 cm³/mol. The second-order valence-electron chi connectivity index (χ2n) is 7.37. The number of hydrogen-bond acceptors (Lipinski definition) is 3. The number of rotatable bonds is 7. The Kier molecular flexibility index (Phi) is 6.09. The van der Waals surface area contributed by atoms with E-state index in [1.807, 2.05) is 38.1 Å². The quantitative estimate of drug-likeness (QED) is 0.687. The molecule has 1 fully saturated rings. The third-order valence-corrected chi connectivity index (χ3v) is 4.53. The van der Waals surface area contributed by atoms with Gasteiger partial charge in [-0.15, -0.1) is 0 Å². The number of nitrogens with one attached hydrogen (secondary N) is 3. The molecule has 6 nitrogen and oxygen atoms in total. The number of amides is 3. The Morgan fingerprint density at radius 1 is 0.964 bits per heavy atom. The van der Waals surface area contributed by atoms with Crippen LogP contribution in [0.15, 0.2) is 48.5 Å². The molecule has 6 heteroatoms. The van der Waals surface area contributed by atoms with Crippen LogP contribution < -0.4 is 16.0 Å². The largest absolute Gasteiger partial charge is 0.348 e. The van der Waals surface area contributed by atoms with Gasteiger partial charge in [0.25, 0.3) is 5.91 Å². The van der Waals surface area contributed by atoms with Crippen molar-refractivity contribution in [2.75, 3.05) is 10.6 Å². The fraction of sp³-hybridized carbons (Fsp3) is 0.318. The highest BCUT2D eigenvalue weighted by Gasteiger charge is 2.29. The molecule has 146 valence electrons. The van der Waals surface area contributed by atoms with E-state index in [4.69, 9.17) is 0 Å².